The first-order chi connectivity index (χ1) is 17.8. The Hall–Kier alpha value is -2.13. The Labute approximate surface area is 227 Å². The number of aromatic amines is 1. The Morgan fingerprint density at radius 2 is 1.62 bits per heavy atom. The number of rotatable bonds is 10. The van der Waals surface area contributed by atoms with Crippen LogP contribution < -0.4 is 11.2 Å². The van der Waals surface area contributed by atoms with Crippen molar-refractivity contribution in [2.75, 3.05) is 20.2 Å². The number of nitrogens with one attached hydrogen (secondary N) is 1. The molecule has 1 unspecified atom stereocenters. The summed E-state index contributed by atoms with van der Waals surface area (Å²) < 4.78 is 60.0. The molecule has 2 aliphatic rings. The van der Waals surface area contributed by atoms with E-state index in [1.807, 2.05) is 4.98 Å². The summed E-state index contributed by atoms with van der Waals surface area (Å²) in [6.07, 6.45) is -3.03. The number of esters is 2. The second-order valence-electron chi connectivity index (χ2n) is 11.1. The van der Waals surface area contributed by atoms with Crippen molar-refractivity contribution in [3.05, 3.63) is 33.1 Å². The lowest BCUT2D eigenvalue weighted by atomic mass is 9.98. The number of aliphatic hydroxyl groups is 1. The average Bonchev–Trinajstić information content (AvgIpc) is 3.17. The predicted molar refractivity (Wildman–Crippen MR) is 130 cm³/mol. The summed E-state index contributed by atoms with van der Waals surface area (Å²) >= 11 is 6.14. The van der Waals surface area contributed by atoms with Gasteiger partial charge < -0.3 is 19.3 Å². The summed E-state index contributed by atoms with van der Waals surface area (Å²) in [4.78, 5) is 49.5. The first-order valence-corrected chi connectivity index (χ1v) is 13.6. The maximum absolute atomic E-state index is 15.3. The van der Waals surface area contributed by atoms with Gasteiger partial charge in [0.25, 0.3) is 5.56 Å². The lowest BCUT2D eigenvalue weighted by Crippen LogP contribution is -2.39. The minimum atomic E-state index is -4.73. The predicted octanol–water partition coefficient (Wildman–Crippen LogP) is 1.75. The smallest absolute Gasteiger partial charge is 0.437 e. The molecule has 39 heavy (non-hydrogen) atoms. The van der Waals surface area contributed by atoms with Crippen molar-refractivity contribution in [1.29, 1.82) is 0 Å². The van der Waals surface area contributed by atoms with E-state index in [4.69, 9.17) is 39.4 Å². The van der Waals surface area contributed by atoms with Crippen molar-refractivity contribution in [3.8, 4) is 0 Å². The van der Waals surface area contributed by atoms with Gasteiger partial charge in [-0.25, -0.2) is 22.8 Å². The molecular weight excluding hydrogens is 570 g/mol. The third-order valence-corrected chi connectivity index (χ3v) is 7.95. The van der Waals surface area contributed by atoms with E-state index in [9.17, 15) is 28.8 Å². The standard InChI is InChI=1S/C22H31ClFN2O12P/c1-19(2,3)16(28)33-10-36-39(32,37-11-34-17(29)20(4,5)6)35-9-21-15(23)22(21,31)13(24)14(38-21)26-8-7-12(27)25-18(26)30/h7-8,13-15,31H,9-11H2,1-6H3,(H,25,27,30)/t13-,14+,15?,21-,22+/m0/s1. The molecule has 220 valence electrons. The van der Waals surface area contributed by atoms with Crippen molar-refractivity contribution >= 4 is 31.4 Å². The number of H-pyrrole nitrogens is 1. The topological polar surface area (TPSA) is 182 Å². The normalized spacial score (nSPS) is 28.6. The second-order valence-corrected chi connectivity index (χ2v) is 13.2. The zero-order valence-corrected chi connectivity index (χ0v) is 23.7. The van der Waals surface area contributed by atoms with E-state index >= 15 is 4.39 Å². The van der Waals surface area contributed by atoms with Crippen LogP contribution in [0.5, 0.6) is 0 Å². The van der Waals surface area contributed by atoms with Crippen molar-refractivity contribution < 1.29 is 51.4 Å². The van der Waals surface area contributed by atoms with Crippen LogP contribution in [0.25, 0.3) is 0 Å². The van der Waals surface area contributed by atoms with E-state index in [1.54, 1.807) is 41.5 Å². The van der Waals surface area contributed by atoms with Gasteiger partial charge in [0.1, 0.15) is 11.0 Å². The van der Waals surface area contributed by atoms with Crippen molar-refractivity contribution in [1.82, 2.24) is 9.55 Å². The number of carbonyl (C=O) groups is 2. The minimum absolute atomic E-state index is 0.700. The van der Waals surface area contributed by atoms with Crippen molar-refractivity contribution in [2.24, 2.45) is 10.8 Å². The first kappa shape index (κ1) is 31.4. The molecule has 0 radical (unpaired) electrons. The zero-order valence-electron chi connectivity index (χ0n) is 22.1. The van der Waals surface area contributed by atoms with E-state index in [2.05, 4.69) is 0 Å². The van der Waals surface area contributed by atoms with E-state index in [0.29, 0.717) is 4.57 Å². The highest BCUT2D eigenvalue weighted by Crippen LogP contribution is 2.67. The molecule has 1 aliphatic heterocycles. The molecule has 0 amide bonds. The van der Waals surface area contributed by atoms with Gasteiger partial charge in [-0.1, -0.05) is 0 Å². The summed E-state index contributed by atoms with van der Waals surface area (Å²) in [7, 11) is -4.73. The number of fused-ring (bicyclic) bond motifs is 1. The van der Waals surface area contributed by atoms with Gasteiger partial charge in [0.05, 0.1) is 17.4 Å². The van der Waals surface area contributed by atoms with Crippen LogP contribution >= 0.6 is 19.4 Å². The Kier molecular flexibility index (Phi) is 8.61. The van der Waals surface area contributed by atoms with Crippen LogP contribution in [-0.4, -0.2) is 69.5 Å². The van der Waals surface area contributed by atoms with Gasteiger partial charge in [-0.15, -0.1) is 11.6 Å². The number of hydrogen-bond donors (Lipinski definition) is 2. The number of ether oxygens (including phenoxy) is 3. The fraction of sp³-hybridized carbons (Fsp3) is 0.727. The number of nitrogens with zero attached hydrogens (tertiary/aromatic N) is 1. The maximum atomic E-state index is 15.3. The Balaban J connectivity index is 1.76. The molecule has 14 nitrogen and oxygen atoms in total. The minimum Gasteiger partial charge on any atom is -0.437 e. The van der Waals surface area contributed by atoms with Crippen LogP contribution in [0.3, 0.4) is 0 Å². The summed E-state index contributed by atoms with van der Waals surface area (Å²) in [6, 6.07) is 0.945. The lowest BCUT2D eigenvalue weighted by Gasteiger charge is -2.24. The quantitative estimate of drug-likeness (QED) is 0.172. The molecule has 1 saturated heterocycles. The first-order valence-electron chi connectivity index (χ1n) is 11.7. The van der Waals surface area contributed by atoms with Gasteiger partial charge in [-0.05, 0) is 41.5 Å². The van der Waals surface area contributed by atoms with Crippen LogP contribution in [0.15, 0.2) is 21.9 Å². The number of hydrogen-bond acceptors (Lipinski definition) is 12. The second kappa shape index (κ2) is 10.7. The van der Waals surface area contributed by atoms with E-state index < -0.39 is 91.0 Å². The lowest BCUT2D eigenvalue weighted by molar-refractivity contribution is -0.164. The molecule has 2 heterocycles. The molecule has 0 spiro atoms. The monoisotopic (exact) mass is 600 g/mol. The van der Waals surface area contributed by atoms with Crippen LogP contribution in [0.4, 0.5) is 4.39 Å². The Morgan fingerprint density at radius 3 is 2.08 bits per heavy atom. The summed E-state index contributed by atoms with van der Waals surface area (Å²) in [6.45, 7) is 6.71. The molecule has 2 fully saturated rings. The zero-order chi connectivity index (χ0) is 29.6. The highest BCUT2D eigenvalue weighted by atomic mass is 35.5. The van der Waals surface area contributed by atoms with Crippen LogP contribution in [0, 0.1) is 10.8 Å². The van der Waals surface area contributed by atoms with E-state index in [1.165, 1.54) is 0 Å². The summed E-state index contributed by atoms with van der Waals surface area (Å²) in [5.74, 6) is -1.42. The van der Waals surface area contributed by atoms with Gasteiger partial charge >= 0.3 is 25.5 Å². The largest absolute Gasteiger partial charge is 0.480 e. The average molecular weight is 601 g/mol. The van der Waals surface area contributed by atoms with Crippen molar-refractivity contribution in [2.45, 2.75) is 70.5 Å². The van der Waals surface area contributed by atoms with Gasteiger partial charge in [-0.3, -0.25) is 28.5 Å². The molecule has 0 aromatic carbocycles. The molecule has 1 aromatic heterocycles. The highest BCUT2D eigenvalue weighted by molar-refractivity contribution is 7.48. The SMILES string of the molecule is CC(C)(C)C(=O)OCOP(=O)(OCOC(=O)C(C)(C)C)OC[C@@]12O[C@@H](n3ccc(=O)[nH]c3=O)[C@H](F)[C@@]1(O)C2Cl. The van der Waals surface area contributed by atoms with Gasteiger partial charge in [0.15, 0.2) is 18.0 Å². The number of phosphoric ester groups is 1. The number of alkyl halides is 2. The van der Waals surface area contributed by atoms with Crippen LogP contribution in [-0.2, 0) is 41.9 Å². The number of carbonyl (C=O) groups excluding carboxylic acids is 2. The van der Waals surface area contributed by atoms with Crippen molar-refractivity contribution in [3.63, 3.8) is 0 Å². The molecule has 0 bridgehead atoms. The van der Waals surface area contributed by atoms with Gasteiger partial charge in [0, 0.05) is 12.3 Å². The van der Waals surface area contributed by atoms with Gasteiger partial charge in [0.2, 0.25) is 13.6 Å². The molecule has 2 N–H and O–H groups in total. The molecule has 1 aliphatic carbocycles. The third-order valence-electron chi connectivity index (χ3n) is 5.98. The fourth-order valence-corrected chi connectivity index (χ4v) is 5.01. The Morgan fingerprint density at radius 1 is 1.10 bits per heavy atom. The summed E-state index contributed by atoms with van der Waals surface area (Å²) in [5, 5.41) is 9.48. The van der Waals surface area contributed by atoms with E-state index in [-0.39, 0.29) is 0 Å². The van der Waals surface area contributed by atoms with Crippen LogP contribution in [0.2, 0.25) is 0 Å². The number of halogens is 2. The molecule has 5 atom stereocenters. The third kappa shape index (κ3) is 6.14. The maximum Gasteiger partial charge on any atom is 0.480 e. The molecule has 17 heteroatoms. The van der Waals surface area contributed by atoms with Crippen LogP contribution in [0.1, 0.15) is 47.8 Å². The molecule has 1 aromatic rings. The Bertz CT molecular complexity index is 1240. The molecular formula is C22H31ClFN2O12P. The highest BCUT2D eigenvalue weighted by Gasteiger charge is 2.88. The molecule has 3 rings (SSSR count). The number of phosphoric acid groups is 1. The van der Waals surface area contributed by atoms with Gasteiger partial charge in [-0.2, -0.15) is 0 Å². The summed E-state index contributed by atoms with van der Waals surface area (Å²) in [5.41, 5.74) is -8.01. The van der Waals surface area contributed by atoms with E-state index in [0.717, 1.165) is 12.3 Å². The molecule has 1 saturated carbocycles. The number of aromatic nitrogens is 2. The fourth-order valence-electron chi connectivity index (χ4n) is 3.54.